The zero-order valence-corrected chi connectivity index (χ0v) is 12.6. The van der Waals surface area contributed by atoms with E-state index in [9.17, 15) is 0 Å². The fourth-order valence-electron chi connectivity index (χ4n) is 5.63. The zero-order valence-electron chi connectivity index (χ0n) is 12.6. The Kier molecular flexibility index (Phi) is 2.87. The molecule has 0 aromatic carbocycles. The molecular formula is C17H26N2O. The summed E-state index contributed by atoms with van der Waals surface area (Å²) in [6, 6.07) is 0. The minimum Gasteiger partial charge on any atom is -0.367 e. The summed E-state index contributed by atoms with van der Waals surface area (Å²) in [4.78, 5) is 0. The number of nitrogens with two attached hydrogens (primary N) is 1. The van der Waals surface area contributed by atoms with Gasteiger partial charge >= 0.3 is 0 Å². The van der Waals surface area contributed by atoms with E-state index in [4.69, 9.17) is 10.3 Å². The lowest BCUT2D eigenvalue weighted by Gasteiger charge is -2.54. The maximum Gasteiger partial charge on any atom is 0.225 e. The second kappa shape index (κ2) is 4.51. The second-order valence-corrected chi connectivity index (χ2v) is 7.96. The summed E-state index contributed by atoms with van der Waals surface area (Å²) < 4.78 is 5.38. The molecule has 0 unspecified atom stereocenters. The summed E-state index contributed by atoms with van der Waals surface area (Å²) in [5.74, 6) is 5.56. The van der Waals surface area contributed by atoms with Crippen LogP contribution in [0, 0.1) is 29.6 Å². The van der Waals surface area contributed by atoms with E-state index in [1.165, 1.54) is 37.7 Å². The lowest BCUT2D eigenvalue weighted by Crippen LogP contribution is -2.44. The SMILES string of the molecule is CC(C)Cc1noc(N)c1C1C2CC3CC(C2)CC1C3. The Morgan fingerprint density at radius 2 is 1.70 bits per heavy atom. The Morgan fingerprint density at radius 3 is 2.25 bits per heavy atom. The van der Waals surface area contributed by atoms with Crippen LogP contribution in [0.4, 0.5) is 5.88 Å². The summed E-state index contributed by atoms with van der Waals surface area (Å²) in [6.45, 7) is 4.48. The van der Waals surface area contributed by atoms with Crippen LogP contribution >= 0.6 is 0 Å². The van der Waals surface area contributed by atoms with Crippen molar-refractivity contribution in [2.24, 2.45) is 29.6 Å². The van der Waals surface area contributed by atoms with Gasteiger partial charge in [0.05, 0.1) is 5.69 Å². The molecule has 4 saturated carbocycles. The standard InChI is InChI=1S/C17H26N2O/c1-9(2)3-14-16(17(18)20-19-14)15-12-5-10-4-11(7-12)8-13(15)6-10/h9-13,15H,3-8,18H2,1-2H3. The van der Waals surface area contributed by atoms with Crippen LogP contribution < -0.4 is 5.73 Å². The van der Waals surface area contributed by atoms with Gasteiger partial charge in [-0.05, 0) is 74.0 Å². The van der Waals surface area contributed by atoms with E-state index in [-0.39, 0.29) is 0 Å². The first-order valence-electron chi connectivity index (χ1n) is 8.35. The van der Waals surface area contributed by atoms with Crippen molar-refractivity contribution >= 4 is 5.88 Å². The van der Waals surface area contributed by atoms with Crippen LogP contribution in [0.5, 0.6) is 0 Å². The first-order valence-corrected chi connectivity index (χ1v) is 8.35. The highest BCUT2D eigenvalue weighted by Gasteiger charge is 2.50. The maximum absolute atomic E-state index is 6.17. The van der Waals surface area contributed by atoms with Crippen LogP contribution in [0.25, 0.3) is 0 Å². The van der Waals surface area contributed by atoms with E-state index in [1.807, 2.05) is 0 Å². The van der Waals surface area contributed by atoms with Crippen molar-refractivity contribution in [2.75, 3.05) is 5.73 Å². The Bertz CT molecular complexity index is 477. The molecular weight excluding hydrogens is 248 g/mol. The molecule has 2 N–H and O–H groups in total. The number of nitrogens with zero attached hydrogens (tertiary/aromatic N) is 1. The summed E-state index contributed by atoms with van der Waals surface area (Å²) in [5.41, 5.74) is 8.61. The van der Waals surface area contributed by atoms with Gasteiger partial charge in [-0.15, -0.1) is 0 Å². The van der Waals surface area contributed by atoms with Crippen molar-refractivity contribution in [3.8, 4) is 0 Å². The van der Waals surface area contributed by atoms with Gasteiger partial charge in [-0.2, -0.15) is 0 Å². The van der Waals surface area contributed by atoms with Gasteiger partial charge in [0, 0.05) is 5.56 Å². The molecule has 0 saturated heterocycles. The number of rotatable bonds is 3. The fraction of sp³-hybridized carbons (Fsp3) is 0.824. The molecule has 3 heteroatoms. The van der Waals surface area contributed by atoms with Crippen molar-refractivity contribution < 1.29 is 4.52 Å². The Balaban J connectivity index is 1.69. The molecule has 1 aromatic heterocycles. The van der Waals surface area contributed by atoms with E-state index in [2.05, 4.69) is 19.0 Å². The van der Waals surface area contributed by atoms with Crippen molar-refractivity contribution in [3.05, 3.63) is 11.3 Å². The molecule has 4 bridgehead atoms. The highest BCUT2D eigenvalue weighted by molar-refractivity contribution is 5.44. The second-order valence-electron chi connectivity index (χ2n) is 7.96. The van der Waals surface area contributed by atoms with Crippen LogP contribution in [0.3, 0.4) is 0 Å². The molecule has 110 valence electrons. The van der Waals surface area contributed by atoms with Gasteiger partial charge in [0.2, 0.25) is 5.88 Å². The van der Waals surface area contributed by atoms with E-state index < -0.39 is 0 Å². The van der Waals surface area contributed by atoms with Gasteiger partial charge in [-0.25, -0.2) is 0 Å². The largest absolute Gasteiger partial charge is 0.367 e. The average Bonchev–Trinajstić information content (AvgIpc) is 2.69. The zero-order chi connectivity index (χ0) is 13.9. The molecule has 4 aliphatic carbocycles. The summed E-state index contributed by atoms with van der Waals surface area (Å²) in [5, 5.41) is 4.29. The van der Waals surface area contributed by atoms with Gasteiger partial charge in [-0.1, -0.05) is 19.0 Å². The predicted molar refractivity (Wildman–Crippen MR) is 79.2 cm³/mol. The number of hydrogen-bond donors (Lipinski definition) is 1. The summed E-state index contributed by atoms with van der Waals surface area (Å²) >= 11 is 0. The molecule has 0 aliphatic heterocycles. The monoisotopic (exact) mass is 274 g/mol. The normalized spacial score (nSPS) is 38.9. The molecule has 0 radical (unpaired) electrons. The summed E-state index contributed by atoms with van der Waals surface area (Å²) in [7, 11) is 0. The molecule has 1 heterocycles. The number of aromatic nitrogens is 1. The van der Waals surface area contributed by atoms with Crippen LogP contribution in [0.1, 0.15) is 63.1 Å². The smallest absolute Gasteiger partial charge is 0.225 e. The first kappa shape index (κ1) is 12.7. The molecule has 4 fully saturated rings. The Morgan fingerprint density at radius 1 is 1.10 bits per heavy atom. The topological polar surface area (TPSA) is 52.0 Å². The molecule has 20 heavy (non-hydrogen) atoms. The van der Waals surface area contributed by atoms with Crippen molar-refractivity contribution in [2.45, 2.75) is 58.3 Å². The molecule has 4 aliphatic rings. The van der Waals surface area contributed by atoms with E-state index in [0.29, 0.717) is 17.7 Å². The molecule has 0 atom stereocenters. The molecule has 0 spiro atoms. The third-order valence-electron chi connectivity index (χ3n) is 5.99. The number of nitrogen functional groups attached to an aromatic ring is 1. The van der Waals surface area contributed by atoms with Gasteiger partial charge in [-0.3, -0.25) is 0 Å². The van der Waals surface area contributed by atoms with Crippen molar-refractivity contribution in [3.63, 3.8) is 0 Å². The highest BCUT2D eigenvalue weighted by Crippen LogP contribution is 2.60. The van der Waals surface area contributed by atoms with Crippen LogP contribution in [0.15, 0.2) is 4.52 Å². The number of anilines is 1. The van der Waals surface area contributed by atoms with E-state index >= 15 is 0 Å². The number of hydrogen-bond acceptors (Lipinski definition) is 3. The van der Waals surface area contributed by atoms with Crippen LogP contribution in [-0.4, -0.2) is 5.16 Å². The molecule has 1 aromatic rings. The fourth-order valence-corrected chi connectivity index (χ4v) is 5.63. The Hall–Kier alpha value is -0.990. The molecule has 3 nitrogen and oxygen atoms in total. The van der Waals surface area contributed by atoms with Crippen LogP contribution in [-0.2, 0) is 6.42 Å². The van der Waals surface area contributed by atoms with E-state index in [1.54, 1.807) is 0 Å². The van der Waals surface area contributed by atoms with Crippen LogP contribution in [0.2, 0.25) is 0 Å². The lowest BCUT2D eigenvalue weighted by atomic mass is 9.50. The minimum atomic E-state index is 0.607. The van der Waals surface area contributed by atoms with Gasteiger partial charge in [0.15, 0.2) is 0 Å². The Labute approximate surface area is 121 Å². The molecule has 0 amide bonds. The summed E-state index contributed by atoms with van der Waals surface area (Å²) in [6.07, 6.45) is 8.18. The maximum atomic E-state index is 6.17. The first-order chi connectivity index (χ1) is 9.61. The highest BCUT2D eigenvalue weighted by atomic mass is 16.5. The quantitative estimate of drug-likeness (QED) is 0.906. The molecule has 5 rings (SSSR count). The minimum absolute atomic E-state index is 0.607. The third-order valence-corrected chi connectivity index (χ3v) is 5.99. The van der Waals surface area contributed by atoms with Gasteiger partial charge < -0.3 is 10.3 Å². The van der Waals surface area contributed by atoms with Crippen molar-refractivity contribution in [1.82, 2.24) is 5.16 Å². The average molecular weight is 274 g/mol. The lowest BCUT2D eigenvalue weighted by molar-refractivity contribution is -0.00295. The predicted octanol–water partition coefficient (Wildman–Crippen LogP) is 4.00. The van der Waals surface area contributed by atoms with E-state index in [0.717, 1.165) is 35.8 Å². The van der Waals surface area contributed by atoms with Gasteiger partial charge in [0.25, 0.3) is 0 Å². The third kappa shape index (κ3) is 1.89. The van der Waals surface area contributed by atoms with Crippen molar-refractivity contribution in [1.29, 1.82) is 0 Å². The van der Waals surface area contributed by atoms with Gasteiger partial charge in [0.1, 0.15) is 0 Å².